The van der Waals surface area contributed by atoms with Crippen molar-refractivity contribution in [1.29, 1.82) is 0 Å². The minimum absolute atomic E-state index is 0.256. The zero-order valence-corrected chi connectivity index (χ0v) is 11.1. The average molecular weight is 271 g/mol. The van der Waals surface area contributed by atoms with Gasteiger partial charge in [-0.1, -0.05) is 25.4 Å². The fourth-order valence-corrected chi connectivity index (χ4v) is 2.18. The Labute approximate surface area is 110 Å². The van der Waals surface area contributed by atoms with E-state index in [1.165, 1.54) is 4.68 Å². The van der Waals surface area contributed by atoms with E-state index in [2.05, 4.69) is 15.1 Å². The Hall–Kier alpha value is -1.13. The number of alkyl halides is 1. The standard InChI is InChI=1S/C11H12Cl2N4/c1-7(2)9-8(6-12)10(13)17(16-9)11-14-4-3-5-15-11/h3-5,7H,6H2,1-2H3. The van der Waals surface area contributed by atoms with Crippen molar-refractivity contribution in [3.63, 3.8) is 0 Å². The summed E-state index contributed by atoms with van der Waals surface area (Å²) in [7, 11) is 0. The molecule has 0 amide bonds. The molecule has 2 rings (SSSR count). The van der Waals surface area contributed by atoms with Crippen LogP contribution in [0.15, 0.2) is 18.5 Å². The molecule has 0 saturated heterocycles. The SMILES string of the molecule is CC(C)c1nn(-c2ncccn2)c(Cl)c1CCl. The number of hydrogen-bond acceptors (Lipinski definition) is 3. The van der Waals surface area contributed by atoms with Gasteiger partial charge in [0.05, 0.1) is 11.6 Å². The van der Waals surface area contributed by atoms with E-state index in [0.717, 1.165) is 11.3 Å². The maximum atomic E-state index is 6.24. The third-order valence-electron chi connectivity index (χ3n) is 2.37. The van der Waals surface area contributed by atoms with Crippen molar-refractivity contribution >= 4 is 23.2 Å². The van der Waals surface area contributed by atoms with Crippen molar-refractivity contribution in [1.82, 2.24) is 19.7 Å². The van der Waals surface area contributed by atoms with Crippen LogP contribution in [0.4, 0.5) is 0 Å². The first kappa shape index (κ1) is 12.3. The Morgan fingerprint density at radius 3 is 2.41 bits per heavy atom. The number of rotatable bonds is 3. The lowest BCUT2D eigenvalue weighted by Crippen LogP contribution is -2.02. The molecule has 0 radical (unpaired) electrons. The molecule has 4 nitrogen and oxygen atoms in total. The van der Waals surface area contributed by atoms with Crippen molar-refractivity contribution in [3.8, 4) is 5.95 Å². The fraction of sp³-hybridized carbons (Fsp3) is 0.364. The molecule has 2 aromatic rings. The third-order valence-corrected chi connectivity index (χ3v) is 3.03. The molecule has 0 atom stereocenters. The van der Waals surface area contributed by atoms with Gasteiger partial charge in [0.15, 0.2) is 0 Å². The molecule has 0 aliphatic carbocycles. The highest BCUT2D eigenvalue weighted by molar-refractivity contribution is 6.31. The molecule has 0 aliphatic rings. The van der Waals surface area contributed by atoms with Gasteiger partial charge in [-0.15, -0.1) is 11.6 Å². The van der Waals surface area contributed by atoms with Gasteiger partial charge in [0.1, 0.15) is 5.15 Å². The van der Waals surface area contributed by atoms with Crippen molar-refractivity contribution < 1.29 is 0 Å². The molecule has 2 heterocycles. The quantitative estimate of drug-likeness (QED) is 0.805. The summed E-state index contributed by atoms with van der Waals surface area (Å²) in [5, 5.41) is 4.91. The Balaban J connectivity index is 2.57. The van der Waals surface area contributed by atoms with Crippen LogP contribution in [-0.2, 0) is 5.88 Å². The van der Waals surface area contributed by atoms with E-state index in [1.54, 1.807) is 18.5 Å². The molecule has 90 valence electrons. The average Bonchev–Trinajstić information content (AvgIpc) is 2.67. The van der Waals surface area contributed by atoms with Gasteiger partial charge in [0.2, 0.25) is 0 Å². The van der Waals surface area contributed by atoms with Crippen LogP contribution in [0.1, 0.15) is 31.0 Å². The second-order valence-electron chi connectivity index (χ2n) is 3.90. The molecule has 0 fully saturated rings. The second kappa shape index (κ2) is 5.02. The summed E-state index contributed by atoms with van der Waals surface area (Å²) in [6.45, 7) is 4.09. The van der Waals surface area contributed by atoms with Crippen LogP contribution in [0.5, 0.6) is 0 Å². The number of hydrogen-bond donors (Lipinski definition) is 0. The summed E-state index contributed by atoms with van der Waals surface area (Å²) < 4.78 is 1.52. The first-order valence-electron chi connectivity index (χ1n) is 5.25. The molecular weight excluding hydrogens is 259 g/mol. The zero-order valence-electron chi connectivity index (χ0n) is 9.56. The highest BCUT2D eigenvalue weighted by atomic mass is 35.5. The predicted octanol–water partition coefficient (Wildman–Crippen LogP) is 3.18. The van der Waals surface area contributed by atoms with Crippen LogP contribution in [0.2, 0.25) is 5.15 Å². The molecule has 0 spiro atoms. The van der Waals surface area contributed by atoms with Gasteiger partial charge < -0.3 is 0 Å². The van der Waals surface area contributed by atoms with Crippen molar-refractivity contribution in [3.05, 3.63) is 34.9 Å². The van der Waals surface area contributed by atoms with Gasteiger partial charge in [0, 0.05) is 18.0 Å². The molecule has 0 aliphatic heterocycles. The van der Waals surface area contributed by atoms with E-state index in [-0.39, 0.29) is 5.92 Å². The molecule has 17 heavy (non-hydrogen) atoms. The van der Waals surface area contributed by atoms with Crippen molar-refractivity contribution in [2.45, 2.75) is 25.6 Å². The summed E-state index contributed by atoms with van der Waals surface area (Å²) in [6, 6.07) is 1.74. The fourth-order valence-electron chi connectivity index (χ4n) is 1.57. The summed E-state index contributed by atoms with van der Waals surface area (Å²) in [4.78, 5) is 8.24. The van der Waals surface area contributed by atoms with Gasteiger partial charge in [-0.05, 0) is 12.0 Å². The lowest BCUT2D eigenvalue weighted by atomic mass is 10.1. The van der Waals surface area contributed by atoms with Crippen LogP contribution < -0.4 is 0 Å². The minimum Gasteiger partial charge on any atom is -0.220 e. The zero-order chi connectivity index (χ0) is 12.4. The summed E-state index contributed by atoms with van der Waals surface area (Å²) in [5.74, 6) is 1.04. The minimum atomic E-state index is 0.256. The smallest absolute Gasteiger partial charge is 0.220 e. The van der Waals surface area contributed by atoms with Gasteiger partial charge >= 0.3 is 0 Å². The number of aromatic nitrogens is 4. The van der Waals surface area contributed by atoms with Crippen molar-refractivity contribution in [2.75, 3.05) is 0 Å². The maximum absolute atomic E-state index is 6.24. The lowest BCUT2D eigenvalue weighted by molar-refractivity contribution is 0.741. The van der Waals surface area contributed by atoms with Crippen LogP contribution in [0.3, 0.4) is 0 Å². The van der Waals surface area contributed by atoms with Crippen molar-refractivity contribution in [2.24, 2.45) is 0 Å². The Morgan fingerprint density at radius 1 is 1.29 bits per heavy atom. The monoisotopic (exact) mass is 270 g/mol. The van der Waals surface area contributed by atoms with Crippen LogP contribution in [-0.4, -0.2) is 19.7 Å². The Morgan fingerprint density at radius 2 is 1.94 bits per heavy atom. The molecular formula is C11H12Cl2N4. The molecule has 6 heteroatoms. The van der Waals surface area contributed by atoms with Gasteiger partial charge in [-0.2, -0.15) is 9.78 Å². The summed E-state index contributed by atoms with van der Waals surface area (Å²) in [5.41, 5.74) is 1.73. The summed E-state index contributed by atoms with van der Waals surface area (Å²) >= 11 is 12.1. The maximum Gasteiger partial charge on any atom is 0.251 e. The topological polar surface area (TPSA) is 43.6 Å². The van der Waals surface area contributed by atoms with Gasteiger partial charge in [-0.25, -0.2) is 9.97 Å². The van der Waals surface area contributed by atoms with Crippen LogP contribution in [0, 0.1) is 0 Å². The highest BCUT2D eigenvalue weighted by Gasteiger charge is 2.19. The Kier molecular flexibility index (Phi) is 3.64. The number of nitrogens with zero attached hydrogens (tertiary/aromatic N) is 4. The second-order valence-corrected chi connectivity index (χ2v) is 4.53. The van der Waals surface area contributed by atoms with E-state index in [9.17, 15) is 0 Å². The first-order valence-corrected chi connectivity index (χ1v) is 6.17. The van der Waals surface area contributed by atoms with E-state index in [0.29, 0.717) is 17.0 Å². The van der Waals surface area contributed by atoms with E-state index < -0.39 is 0 Å². The lowest BCUT2D eigenvalue weighted by Gasteiger charge is -2.00. The Bertz CT molecular complexity index is 508. The molecule has 0 saturated carbocycles. The third kappa shape index (κ3) is 2.28. The molecule has 2 aromatic heterocycles. The normalized spacial score (nSPS) is 11.1. The first-order chi connectivity index (χ1) is 8.15. The van der Waals surface area contributed by atoms with Gasteiger partial charge in [0.25, 0.3) is 5.95 Å². The van der Waals surface area contributed by atoms with E-state index >= 15 is 0 Å². The van der Waals surface area contributed by atoms with E-state index in [1.807, 2.05) is 13.8 Å². The van der Waals surface area contributed by atoms with Gasteiger partial charge in [-0.3, -0.25) is 0 Å². The molecule has 0 N–H and O–H groups in total. The highest BCUT2D eigenvalue weighted by Crippen LogP contribution is 2.28. The van der Waals surface area contributed by atoms with Crippen LogP contribution >= 0.6 is 23.2 Å². The van der Waals surface area contributed by atoms with E-state index in [4.69, 9.17) is 23.2 Å². The summed E-state index contributed by atoms with van der Waals surface area (Å²) in [6.07, 6.45) is 3.30. The van der Waals surface area contributed by atoms with Crippen LogP contribution in [0.25, 0.3) is 5.95 Å². The number of halogens is 2. The molecule has 0 bridgehead atoms. The largest absolute Gasteiger partial charge is 0.251 e. The predicted molar refractivity (Wildman–Crippen MR) is 67.8 cm³/mol. The molecule has 0 unspecified atom stereocenters. The molecule has 0 aromatic carbocycles.